The molecule has 1 saturated heterocycles. The number of amides is 2. The van der Waals surface area contributed by atoms with Crippen LogP contribution < -0.4 is 16.0 Å². The zero-order valence-corrected chi connectivity index (χ0v) is 12.0. The molecule has 2 amide bonds. The summed E-state index contributed by atoms with van der Waals surface area (Å²) in [7, 11) is 0. The number of nitrogens with two attached hydrogens (primary N) is 1. The Balaban J connectivity index is 1.76. The Morgan fingerprint density at radius 1 is 1.45 bits per heavy atom. The molecule has 8 nitrogen and oxygen atoms in total. The van der Waals surface area contributed by atoms with Crippen molar-refractivity contribution < 1.29 is 14.1 Å². The molecular formula is C14H17N5O3. The second-order valence-electron chi connectivity index (χ2n) is 4.79. The second-order valence-corrected chi connectivity index (χ2v) is 4.79. The van der Waals surface area contributed by atoms with E-state index in [2.05, 4.69) is 15.5 Å². The first-order valence-corrected chi connectivity index (χ1v) is 7.04. The van der Waals surface area contributed by atoms with Crippen LogP contribution in [-0.2, 0) is 11.3 Å². The van der Waals surface area contributed by atoms with Crippen molar-refractivity contribution in [2.24, 2.45) is 5.73 Å². The van der Waals surface area contributed by atoms with Crippen molar-refractivity contribution in [1.82, 2.24) is 15.5 Å². The normalized spacial score (nSPS) is 14.4. The van der Waals surface area contributed by atoms with Gasteiger partial charge in [-0.25, -0.2) is 4.79 Å². The van der Waals surface area contributed by atoms with Gasteiger partial charge in [-0.1, -0.05) is 17.3 Å². The first-order chi connectivity index (χ1) is 10.8. The van der Waals surface area contributed by atoms with E-state index in [4.69, 9.17) is 15.0 Å². The zero-order valence-electron chi connectivity index (χ0n) is 12.0. The van der Waals surface area contributed by atoms with Gasteiger partial charge in [0.25, 0.3) is 5.89 Å². The largest absolute Gasteiger partial charge is 0.370 e. The maximum absolute atomic E-state index is 11.7. The first kappa shape index (κ1) is 14.5. The van der Waals surface area contributed by atoms with Crippen LogP contribution in [-0.4, -0.2) is 42.4 Å². The number of nitrogens with zero attached hydrogens (tertiary/aromatic N) is 3. The van der Waals surface area contributed by atoms with Crippen LogP contribution in [0.3, 0.4) is 0 Å². The number of nitrogens with one attached hydrogen (secondary N) is 1. The standard InChI is InChI=1S/C14H17N5O3/c15-4-7-21-9-12-17-13(18-22-12)10-2-1-3-11(8-10)19-6-5-16-14(19)20/h1-3,8H,4-7,9,15H2,(H,16,20). The van der Waals surface area contributed by atoms with Crippen LogP contribution in [0.25, 0.3) is 11.4 Å². The zero-order chi connectivity index (χ0) is 15.4. The Kier molecular flexibility index (Phi) is 4.31. The van der Waals surface area contributed by atoms with Crippen molar-refractivity contribution in [3.63, 3.8) is 0 Å². The Morgan fingerprint density at radius 2 is 2.36 bits per heavy atom. The fraction of sp³-hybridized carbons (Fsp3) is 0.357. The quantitative estimate of drug-likeness (QED) is 0.762. The van der Waals surface area contributed by atoms with Gasteiger partial charge in [0, 0.05) is 30.9 Å². The fourth-order valence-corrected chi connectivity index (χ4v) is 2.20. The van der Waals surface area contributed by atoms with E-state index >= 15 is 0 Å². The predicted octanol–water partition coefficient (Wildman–Crippen LogP) is 0.741. The molecule has 0 unspecified atom stereocenters. The third kappa shape index (κ3) is 3.07. The van der Waals surface area contributed by atoms with Gasteiger partial charge < -0.3 is 20.3 Å². The molecule has 1 aliphatic rings. The number of urea groups is 1. The van der Waals surface area contributed by atoms with Crippen molar-refractivity contribution in [1.29, 1.82) is 0 Å². The third-order valence-electron chi connectivity index (χ3n) is 3.23. The Morgan fingerprint density at radius 3 is 3.14 bits per heavy atom. The van der Waals surface area contributed by atoms with Crippen molar-refractivity contribution in [2.75, 3.05) is 31.1 Å². The molecule has 0 saturated carbocycles. The summed E-state index contributed by atoms with van der Waals surface area (Å²) in [6, 6.07) is 7.37. The summed E-state index contributed by atoms with van der Waals surface area (Å²) in [5, 5.41) is 6.71. The summed E-state index contributed by atoms with van der Waals surface area (Å²) in [4.78, 5) is 17.7. The second kappa shape index (κ2) is 6.54. The molecule has 0 bridgehead atoms. The van der Waals surface area contributed by atoms with Crippen LogP contribution in [0.4, 0.5) is 10.5 Å². The molecule has 0 atom stereocenters. The lowest BCUT2D eigenvalue weighted by Crippen LogP contribution is -2.27. The van der Waals surface area contributed by atoms with E-state index in [-0.39, 0.29) is 12.6 Å². The molecule has 2 heterocycles. The lowest BCUT2D eigenvalue weighted by atomic mass is 10.2. The lowest BCUT2D eigenvalue weighted by molar-refractivity contribution is 0.104. The van der Waals surface area contributed by atoms with Gasteiger partial charge in [0.2, 0.25) is 5.82 Å². The topological polar surface area (TPSA) is 107 Å². The number of aromatic nitrogens is 2. The maximum Gasteiger partial charge on any atom is 0.321 e. The number of benzene rings is 1. The summed E-state index contributed by atoms with van der Waals surface area (Å²) in [6.45, 7) is 2.41. The number of hydrogen-bond donors (Lipinski definition) is 2. The van der Waals surface area contributed by atoms with Gasteiger partial charge in [0.15, 0.2) is 0 Å². The van der Waals surface area contributed by atoms with Gasteiger partial charge in [0.05, 0.1) is 6.61 Å². The fourth-order valence-electron chi connectivity index (χ4n) is 2.20. The van der Waals surface area contributed by atoms with E-state index in [9.17, 15) is 4.79 Å². The minimum atomic E-state index is -0.0962. The molecule has 3 N–H and O–H groups in total. The van der Waals surface area contributed by atoms with Crippen molar-refractivity contribution >= 4 is 11.7 Å². The SMILES string of the molecule is NCCOCc1nc(-c2cccc(N3CCNC3=O)c2)no1. The molecule has 1 aliphatic heterocycles. The molecule has 1 aromatic heterocycles. The third-order valence-corrected chi connectivity index (χ3v) is 3.23. The van der Waals surface area contributed by atoms with Crippen molar-refractivity contribution in [2.45, 2.75) is 6.61 Å². The van der Waals surface area contributed by atoms with Gasteiger partial charge in [0.1, 0.15) is 6.61 Å². The summed E-state index contributed by atoms with van der Waals surface area (Å²) in [5.41, 5.74) is 6.93. The molecule has 2 aromatic rings. The van der Waals surface area contributed by atoms with Crippen molar-refractivity contribution in [3.8, 4) is 11.4 Å². The van der Waals surface area contributed by atoms with E-state index in [1.807, 2.05) is 24.3 Å². The molecule has 116 valence electrons. The van der Waals surface area contributed by atoms with Crippen LogP contribution in [0.15, 0.2) is 28.8 Å². The van der Waals surface area contributed by atoms with Crippen molar-refractivity contribution in [3.05, 3.63) is 30.2 Å². The van der Waals surface area contributed by atoms with Gasteiger partial charge >= 0.3 is 6.03 Å². The highest BCUT2D eigenvalue weighted by Crippen LogP contribution is 2.23. The van der Waals surface area contributed by atoms with Gasteiger partial charge in [-0.2, -0.15) is 4.98 Å². The van der Waals surface area contributed by atoms with Crippen LogP contribution in [0.5, 0.6) is 0 Å². The molecule has 8 heteroatoms. The van der Waals surface area contributed by atoms with Gasteiger partial charge in [-0.15, -0.1) is 0 Å². The molecule has 1 fully saturated rings. The van der Waals surface area contributed by atoms with Gasteiger partial charge in [-0.3, -0.25) is 4.90 Å². The molecule has 3 rings (SSSR count). The van der Waals surface area contributed by atoms with E-state index in [0.29, 0.717) is 38.0 Å². The van der Waals surface area contributed by atoms with E-state index in [0.717, 1.165) is 11.3 Å². The highest BCUT2D eigenvalue weighted by molar-refractivity contribution is 5.94. The van der Waals surface area contributed by atoms with E-state index in [1.165, 1.54) is 0 Å². The Hall–Kier alpha value is -2.45. The molecule has 0 aliphatic carbocycles. The predicted molar refractivity (Wildman–Crippen MR) is 79.2 cm³/mol. The van der Waals surface area contributed by atoms with Crippen LogP contribution >= 0.6 is 0 Å². The minimum Gasteiger partial charge on any atom is -0.370 e. The summed E-state index contributed by atoms with van der Waals surface area (Å²) < 4.78 is 10.4. The van der Waals surface area contributed by atoms with Crippen LogP contribution in [0.2, 0.25) is 0 Å². The highest BCUT2D eigenvalue weighted by Gasteiger charge is 2.21. The molecule has 1 aromatic carbocycles. The molecular weight excluding hydrogens is 286 g/mol. The average Bonchev–Trinajstić information content (AvgIpc) is 3.17. The number of carbonyl (C=O) groups is 1. The molecule has 22 heavy (non-hydrogen) atoms. The summed E-state index contributed by atoms with van der Waals surface area (Å²) >= 11 is 0. The first-order valence-electron chi connectivity index (χ1n) is 7.04. The van der Waals surface area contributed by atoms with E-state index in [1.54, 1.807) is 4.90 Å². The van der Waals surface area contributed by atoms with Gasteiger partial charge in [-0.05, 0) is 12.1 Å². The Labute approximate surface area is 127 Å². The smallest absolute Gasteiger partial charge is 0.321 e. The number of hydrogen-bond acceptors (Lipinski definition) is 6. The minimum absolute atomic E-state index is 0.0962. The van der Waals surface area contributed by atoms with Crippen LogP contribution in [0, 0.1) is 0 Å². The Bertz CT molecular complexity index is 657. The number of carbonyl (C=O) groups excluding carboxylic acids is 1. The molecule has 0 radical (unpaired) electrons. The summed E-state index contributed by atoms with van der Waals surface area (Å²) in [6.07, 6.45) is 0. The maximum atomic E-state index is 11.7. The highest BCUT2D eigenvalue weighted by atomic mass is 16.5. The van der Waals surface area contributed by atoms with Crippen LogP contribution in [0.1, 0.15) is 5.89 Å². The lowest BCUT2D eigenvalue weighted by Gasteiger charge is -2.14. The number of rotatable bonds is 6. The summed E-state index contributed by atoms with van der Waals surface area (Å²) in [5.74, 6) is 0.862. The number of ether oxygens (including phenoxy) is 1. The monoisotopic (exact) mass is 303 g/mol. The molecule has 0 spiro atoms. The van der Waals surface area contributed by atoms with E-state index < -0.39 is 0 Å². The number of anilines is 1. The average molecular weight is 303 g/mol.